The van der Waals surface area contributed by atoms with Crippen molar-refractivity contribution in [3.8, 4) is 0 Å². The second-order valence-corrected chi connectivity index (χ2v) is 6.61. The van der Waals surface area contributed by atoms with E-state index in [4.69, 9.17) is 4.74 Å². The van der Waals surface area contributed by atoms with Crippen molar-refractivity contribution in [2.75, 3.05) is 20.2 Å². The average molecular weight is 306 g/mol. The first-order valence-electron chi connectivity index (χ1n) is 8.43. The summed E-state index contributed by atoms with van der Waals surface area (Å²) in [7, 11) is 1.65. The summed E-state index contributed by atoms with van der Waals surface area (Å²) in [5, 5.41) is 8.27. The molecule has 1 aliphatic carbocycles. The molecule has 2 heterocycles. The van der Waals surface area contributed by atoms with Gasteiger partial charge in [-0.05, 0) is 25.2 Å². The summed E-state index contributed by atoms with van der Waals surface area (Å²) in [5.41, 5.74) is 0.842. The Morgan fingerprint density at radius 3 is 2.91 bits per heavy atom. The van der Waals surface area contributed by atoms with Crippen LogP contribution in [0.15, 0.2) is 6.20 Å². The zero-order valence-corrected chi connectivity index (χ0v) is 13.4. The number of aromatic nitrogens is 3. The minimum atomic E-state index is 0.258. The smallest absolute Gasteiger partial charge is 0.222 e. The van der Waals surface area contributed by atoms with Crippen LogP contribution >= 0.6 is 0 Å². The molecule has 1 atom stereocenters. The van der Waals surface area contributed by atoms with Gasteiger partial charge in [0.05, 0.1) is 18.8 Å². The third-order valence-corrected chi connectivity index (χ3v) is 4.93. The van der Waals surface area contributed by atoms with Gasteiger partial charge in [0.1, 0.15) is 5.69 Å². The quantitative estimate of drug-likeness (QED) is 0.836. The Morgan fingerprint density at radius 2 is 2.14 bits per heavy atom. The fourth-order valence-corrected chi connectivity index (χ4v) is 3.66. The second kappa shape index (κ2) is 7.22. The molecule has 1 aromatic rings. The number of methoxy groups -OCH3 is 1. The normalized spacial score (nSPS) is 23.1. The molecule has 6 heteroatoms. The number of rotatable bonds is 5. The molecule has 2 fully saturated rings. The van der Waals surface area contributed by atoms with Gasteiger partial charge in [-0.2, -0.15) is 0 Å². The van der Waals surface area contributed by atoms with Crippen LogP contribution in [0.25, 0.3) is 0 Å². The zero-order valence-electron chi connectivity index (χ0n) is 13.4. The molecule has 1 unspecified atom stereocenters. The first-order valence-corrected chi connectivity index (χ1v) is 8.43. The van der Waals surface area contributed by atoms with Crippen molar-refractivity contribution in [1.82, 2.24) is 19.9 Å². The highest BCUT2D eigenvalue weighted by molar-refractivity contribution is 5.76. The van der Waals surface area contributed by atoms with E-state index in [1.807, 2.05) is 15.8 Å². The van der Waals surface area contributed by atoms with Gasteiger partial charge < -0.3 is 9.64 Å². The molecule has 2 aliphatic rings. The Kier molecular flexibility index (Phi) is 5.08. The number of amides is 1. The summed E-state index contributed by atoms with van der Waals surface area (Å²) in [4.78, 5) is 14.5. The number of carbonyl (C=O) groups excluding carboxylic acids is 1. The maximum absolute atomic E-state index is 12.5. The summed E-state index contributed by atoms with van der Waals surface area (Å²) >= 11 is 0. The maximum atomic E-state index is 12.5. The van der Waals surface area contributed by atoms with Gasteiger partial charge in [-0.15, -0.1) is 5.10 Å². The third kappa shape index (κ3) is 3.66. The van der Waals surface area contributed by atoms with Gasteiger partial charge in [0.2, 0.25) is 5.91 Å². The van der Waals surface area contributed by atoms with Gasteiger partial charge in [0, 0.05) is 26.6 Å². The van der Waals surface area contributed by atoms with Crippen molar-refractivity contribution in [2.45, 2.75) is 57.6 Å². The first-order chi connectivity index (χ1) is 10.8. The molecule has 1 aliphatic heterocycles. The number of carbonyl (C=O) groups is 1. The molecule has 1 saturated heterocycles. The van der Waals surface area contributed by atoms with E-state index in [0.29, 0.717) is 18.4 Å². The first kappa shape index (κ1) is 15.5. The summed E-state index contributed by atoms with van der Waals surface area (Å²) in [6.07, 6.45) is 10.0. The zero-order chi connectivity index (χ0) is 15.4. The number of likely N-dealkylation sites (tertiary alicyclic amines) is 1. The lowest BCUT2D eigenvalue weighted by Gasteiger charge is -2.24. The van der Waals surface area contributed by atoms with Gasteiger partial charge in [0.15, 0.2) is 0 Å². The fraction of sp³-hybridized carbons (Fsp3) is 0.812. The van der Waals surface area contributed by atoms with Gasteiger partial charge in [0.25, 0.3) is 0 Å². The van der Waals surface area contributed by atoms with E-state index in [9.17, 15) is 4.79 Å². The van der Waals surface area contributed by atoms with Crippen LogP contribution in [0.4, 0.5) is 0 Å². The number of ether oxygens (including phenoxy) is 1. The van der Waals surface area contributed by atoms with Crippen LogP contribution in [0, 0.1) is 5.92 Å². The summed E-state index contributed by atoms with van der Waals surface area (Å²) < 4.78 is 6.96. The molecular weight excluding hydrogens is 280 g/mol. The van der Waals surface area contributed by atoms with Crippen LogP contribution in [-0.4, -0.2) is 46.0 Å². The Bertz CT molecular complexity index is 496. The lowest BCUT2D eigenvalue weighted by molar-refractivity contribution is -0.131. The van der Waals surface area contributed by atoms with Crippen LogP contribution < -0.4 is 0 Å². The SMILES string of the molecule is COCc1cn(C2CCN(C(=O)CC3CCCCC3)C2)nn1. The molecule has 0 spiro atoms. The Labute approximate surface area is 131 Å². The topological polar surface area (TPSA) is 60.2 Å². The Balaban J connectivity index is 1.51. The van der Waals surface area contributed by atoms with E-state index >= 15 is 0 Å². The monoisotopic (exact) mass is 306 g/mol. The van der Waals surface area contributed by atoms with E-state index < -0.39 is 0 Å². The standard InChI is InChI=1S/C16H26N4O2/c1-22-12-14-10-20(18-17-14)15-7-8-19(11-15)16(21)9-13-5-3-2-4-6-13/h10,13,15H,2-9,11-12H2,1H3. The van der Waals surface area contributed by atoms with Crippen molar-refractivity contribution in [1.29, 1.82) is 0 Å². The van der Waals surface area contributed by atoms with E-state index in [2.05, 4.69) is 10.3 Å². The van der Waals surface area contributed by atoms with E-state index in [-0.39, 0.29) is 6.04 Å². The molecule has 122 valence electrons. The largest absolute Gasteiger partial charge is 0.378 e. The van der Waals surface area contributed by atoms with E-state index in [1.54, 1.807) is 7.11 Å². The van der Waals surface area contributed by atoms with Crippen LogP contribution in [0.2, 0.25) is 0 Å². The third-order valence-electron chi connectivity index (χ3n) is 4.93. The second-order valence-electron chi connectivity index (χ2n) is 6.61. The lowest BCUT2D eigenvalue weighted by Crippen LogP contribution is -2.31. The van der Waals surface area contributed by atoms with Crippen LogP contribution in [0.3, 0.4) is 0 Å². The van der Waals surface area contributed by atoms with Crippen molar-refractivity contribution in [3.05, 3.63) is 11.9 Å². The van der Waals surface area contributed by atoms with E-state index in [0.717, 1.165) is 31.6 Å². The molecule has 1 amide bonds. The van der Waals surface area contributed by atoms with Crippen LogP contribution in [0.1, 0.15) is 56.7 Å². The highest BCUT2D eigenvalue weighted by Crippen LogP contribution is 2.28. The predicted molar refractivity (Wildman–Crippen MR) is 82.2 cm³/mol. The Morgan fingerprint density at radius 1 is 1.32 bits per heavy atom. The van der Waals surface area contributed by atoms with Gasteiger partial charge in [-0.1, -0.05) is 24.5 Å². The molecule has 0 radical (unpaired) electrons. The molecule has 0 N–H and O–H groups in total. The van der Waals surface area contributed by atoms with Crippen LogP contribution in [-0.2, 0) is 16.1 Å². The van der Waals surface area contributed by atoms with Crippen molar-refractivity contribution >= 4 is 5.91 Å². The highest BCUT2D eigenvalue weighted by atomic mass is 16.5. The van der Waals surface area contributed by atoms with Gasteiger partial charge in [-0.3, -0.25) is 4.79 Å². The lowest BCUT2D eigenvalue weighted by atomic mass is 9.87. The number of hydrogen-bond acceptors (Lipinski definition) is 4. The number of hydrogen-bond donors (Lipinski definition) is 0. The summed E-state index contributed by atoms with van der Waals surface area (Å²) in [6, 6.07) is 0.258. The highest BCUT2D eigenvalue weighted by Gasteiger charge is 2.29. The van der Waals surface area contributed by atoms with Gasteiger partial charge in [-0.25, -0.2) is 4.68 Å². The Hall–Kier alpha value is -1.43. The van der Waals surface area contributed by atoms with Crippen LogP contribution in [0.5, 0.6) is 0 Å². The molecule has 0 aromatic carbocycles. The molecule has 1 aromatic heterocycles. The number of nitrogens with zero attached hydrogens (tertiary/aromatic N) is 4. The molecule has 6 nitrogen and oxygen atoms in total. The van der Waals surface area contributed by atoms with E-state index in [1.165, 1.54) is 32.1 Å². The summed E-state index contributed by atoms with van der Waals surface area (Å²) in [5.74, 6) is 0.937. The molecule has 0 bridgehead atoms. The van der Waals surface area contributed by atoms with Crippen molar-refractivity contribution in [2.24, 2.45) is 5.92 Å². The summed E-state index contributed by atoms with van der Waals surface area (Å²) in [6.45, 7) is 2.09. The van der Waals surface area contributed by atoms with Crippen molar-refractivity contribution in [3.63, 3.8) is 0 Å². The minimum absolute atomic E-state index is 0.258. The molecular formula is C16H26N4O2. The predicted octanol–water partition coefficient (Wildman–Crippen LogP) is 2.17. The maximum Gasteiger partial charge on any atom is 0.222 e. The fourth-order valence-electron chi connectivity index (χ4n) is 3.66. The van der Waals surface area contributed by atoms with Crippen molar-refractivity contribution < 1.29 is 9.53 Å². The molecule has 1 saturated carbocycles. The minimum Gasteiger partial charge on any atom is -0.378 e. The van der Waals surface area contributed by atoms with Gasteiger partial charge >= 0.3 is 0 Å². The average Bonchev–Trinajstić information content (AvgIpc) is 3.17. The molecule has 3 rings (SSSR count). The molecule has 22 heavy (non-hydrogen) atoms.